The number of carbonyl (C=O) groups excluding carboxylic acids is 1. The van der Waals surface area contributed by atoms with Crippen LogP contribution in [0.1, 0.15) is 10.6 Å². The molecule has 0 unspecified atom stereocenters. The van der Waals surface area contributed by atoms with E-state index in [9.17, 15) is 9.18 Å². The SMILES string of the molecule is NC(=O)c1noc(-c2ccc(F)c(N)c2)n1. The van der Waals surface area contributed by atoms with Crippen molar-refractivity contribution in [3.05, 3.63) is 29.8 Å². The van der Waals surface area contributed by atoms with E-state index < -0.39 is 11.7 Å². The molecule has 2 aromatic rings. The van der Waals surface area contributed by atoms with Crippen LogP contribution in [0, 0.1) is 5.82 Å². The number of primary amides is 1. The number of nitrogen functional groups attached to an aromatic ring is 1. The molecule has 2 rings (SSSR count). The number of nitrogens with zero attached hydrogens (tertiary/aromatic N) is 2. The van der Waals surface area contributed by atoms with Crippen LogP contribution in [0.2, 0.25) is 0 Å². The number of carbonyl (C=O) groups is 1. The molecule has 0 radical (unpaired) electrons. The Kier molecular flexibility index (Phi) is 2.28. The van der Waals surface area contributed by atoms with Gasteiger partial charge in [-0.1, -0.05) is 5.16 Å². The van der Waals surface area contributed by atoms with Gasteiger partial charge < -0.3 is 16.0 Å². The summed E-state index contributed by atoms with van der Waals surface area (Å²) in [5.74, 6) is -1.53. The summed E-state index contributed by atoms with van der Waals surface area (Å²) in [7, 11) is 0. The first-order chi connectivity index (χ1) is 7.58. The Morgan fingerprint density at radius 1 is 1.44 bits per heavy atom. The Labute approximate surface area is 89.0 Å². The van der Waals surface area contributed by atoms with Gasteiger partial charge in [0.05, 0.1) is 5.69 Å². The number of hydrogen-bond acceptors (Lipinski definition) is 5. The minimum absolute atomic E-state index is 0.0451. The lowest BCUT2D eigenvalue weighted by Crippen LogP contribution is -2.12. The maximum atomic E-state index is 12.9. The van der Waals surface area contributed by atoms with Crippen LogP contribution in [0.25, 0.3) is 11.5 Å². The lowest BCUT2D eigenvalue weighted by Gasteiger charge is -1.97. The molecule has 6 nitrogen and oxygen atoms in total. The average Bonchev–Trinajstić information content (AvgIpc) is 2.71. The highest BCUT2D eigenvalue weighted by Gasteiger charge is 2.13. The monoisotopic (exact) mass is 222 g/mol. The molecule has 7 heteroatoms. The molecule has 0 aliphatic rings. The summed E-state index contributed by atoms with van der Waals surface area (Å²) in [6.07, 6.45) is 0. The molecule has 0 saturated carbocycles. The van der Waals surface area contributed by atoms with Crippen molar-refractivity contribution in [3.63, 3.8) is 0 Å². The molecular formula is C9H7FN4O2. The second-order valence-electron chi connectivity index (χ2n) is 3.02. The van der Waals surface area contributed by atoms with Crippen molar-refractivity contribution < 1.29 is 13.7 Å². The zero-order valence-corrected chi connectivity index (χ0v) is 7.98. The van der Waals surface area contributed by atoms with Crippen LogP contribution in [0.4, 0.5) is 10.1 Å². The molecule has 0 atom stereocenters. The number of amides is 1. The highest BCUT2D eigenvalue weighted by Crippen LogP contribution is 2.21. The molecule has 0 spiro atoms. The van der Waals surface area contributed by atoms with Crippen molar-refractivity contribution in [2.45, 2.75) is 0 Å². The molecule has 0 aliphatic heterocycles. The molecule has 1 aromatic carbocycles. The lowest BCUT2D eigenvalue weighted by molar-refractivity contribution is 0.0987. The van der Waals surface area contributed by atoms with Crippen molar-refractivity contribution in [2.24, 2.45) is 5.73 Å². The normalized spacial score (nSPS) is 10.3. The summed E-state index contributed by atoms with van der Waals surface area (Å²) in [5, 5.41) is 3.35. The second kappa shape index (κ2) is 3.61. The number of hydrogen-bond donors (Lipinski definition) is 2. The average molecular weight is 222 g/mol. The summed E-state index contributed by atoms with van der Waals surface area (Å²) < 4.78 is 17.6. The third kappa shape index (κ3) is 1.70. The standard InChI is InChI=1S/C9H7FN4O2/c10-5-2-1-4(3-6(5)11)9-13-8(7(12)15)14-16-9/h1-3H,11H2,(H2,12,15). The van der Waals surface area contributed by atoms with E-state index in [1.54, 1.807) is 0 Å². The number of aromatic nitrogens is 2. The van der Waals surface area contributed by atoms with Gasteiger partial charge in [-0.05, 0) is 18.2 Å². The van der Waals surface area contributed by atoms with Crippen LogP contribution in [-0.4, -0.2) is 16.0 Å². The van der Waals surface area contributed by atoms with Crippen molar-refractivity contribution in [1.29, 1.82) is 0 Å². The summed E-state index contributed by atoms with van der Waals surface area (Å²) in [5.41, 5.74) is 10.7. The van der Waals surface area contributed by atoms with E-state index in [-0.39, 0.29) is 17.4 Å². The topological polar surface area (TPSA) is 108 Å². The molecule has 1 heterocycles. The van der Waals surface area contributed by atoms with Crippen molar-refractivity contribution in [1.82, 2.24) is 10.1 Å². The highest BCUT2D eigenvalue weighted by molar-refractivity contribution is 5.89. The maximum absolute atomic E-state index is 12.9. The van der Waals surface area contributed by atoms with Crippen molar-refractivity contribution in [3.8, 4) is 11.5 Å². The third-order valence-electron chi connectivity index (χ3n) is 1.89. The molecular weight excluding hydrogens is 215 g/mol. The van der Waals surface area contributed by atoms with Gasteiger partial charge in [0.25, 0.3) is 17.6 Å². The lowest BCUT2D eigenvalue weighted by atomic mass is 10.2. The van der Waals surface area contributed by atoms with E-state index in [1.807, 2.05) is 0 Å². The number of anilines is 1. The van der Waals surface area contributed by atoms with Crippen LogP contribution < -0.4 is 11.5 Å². The number of benzene rings is 1. The second-order valence-corrected chi connectivity index (χ2v) is 3.02. The fraction of sp³-hybridized carbons (Fsp3) is 0. The van der Waals surface area contributed by atoms with E-state index >= 15 is 0 Å². The molecule has 0 bridgehead atoms. The Hall–Kier alpha value is -2.44. The van der Waals surface area contributed by atoms with Gasteiger partial charge in [-0.15, -0.1) is 0 Å². The van der Waals surface area contributed by atoms with E-state index in [2.05, 4.69) is 10.1 Å². The van der Waals surface area contributed by atoms with E-state index in [4.69, 9.17) is 16.0 Å². The zero-order chi connectivity index (χ0) is 11.7. The Bertz CT molecular complexity index is 552. The van der Waals surface area contributed by atoms with E-state index in [1.165, 1.54) is 18.2 Å². The third-order valence-corrected chi connectivity index (χ3v) is 1.89. The molecule has 0 aliphatic carbocycles. The molecule has 1 aromatic heterocycles. The highest BCUT2D eigenvalue weighted by atomic mass is 19.1. The first kappa shape index (κ1) is 10.1. The van der Waals surface area contributed by atoms with Gasteiger partial charge in [-0.2, -0.15) is 4.98 Å². The van der Waals surface area contributed by atoms with Crippen LogP contribution in [0.15, 0.2) is 22.7 Å². The van der Waals surface area contributed by atoms with Gasteiger partial charge in [0.1, 0.15) is 5.82 Å². The van der Waals surface area contributed by atoms with Crippen molar-refractivity contribution >= 4 is 11.6 Å². The van der Waals surface area contributed by atoms with Gasteiger partial charge in [-0.3, -0.25) is 4.79 Å². The number of halogens is 1. The van der Waals surface area contributed by atoms with E-state index in [0.717, 1.165) is 0 Å². The van der Waals surface area contributed by atoms with E-state index in [0.29, 0.717) is 5.56 Å². The summed E-state index contributed by atoms with van der Waals surface area (Å²) in [6, 6.07) is 3.90. The van der Waals surface area contributed by atoms with Gasteiger partial charge in [0.2, 0.25) is 0 Å². The Morgan fingerprint density at radius 2 is 2.19 bits per heavy atom. The van der Waals surface area contributed by atoms with Crippen LogP contribution in [-0.2, 0) is 0 Å². The Balaban J connectivity index is 2.42. The van der Waals surface area contributed by atoms with Crippen molar-refractivity contribution in [2.75, 3.05) is 5.73 Å². The molecule has 16 heavy (non-hydrogen) atoms. The predicted octanol–water partition coefficient (Wildman–Crippen LogP) is 0.557. The summed E-state index contributed by atoms with van der Waals surface area (Å²) in [6.45, 7) is 0. The molecule has 1 amide bonds. The van der Waals surface area contributed by atoms with Crippen LogP contribution >= 0.6 is 0 Å². The van der Waals surface area contributed by atoms with Gasteiger partial charge in [0.15, 0.2) is 0 Å². The minimum atomic E-state index is -0.801. The number of nitrogens with two attached hydrogens (primary N) is 2. The van der Waals surface area contributed by atoms with Gasteiger partial charge in [-0.25, -0.2) is 4.39 Å². The summed E-state index contributed by atoms with van der Waals surface area (Å²) in [4.78, 5) is 14.4. The Morgan fingerprint density at radius 3 is 2.75 bits per heavy atom. The van der Waals surface area contributed by atoms with Crippen LogP contribution in [0.5, 0.6) is 0 Å². The molecule has 0 saturated heterocycles. The molecule has 82 valence electrons. The molecule has 0 fully saturated rings. The van der Waals surface area contributed by atoms with Gasteiger partial charge in [0, 0.05) is 5.56 Å². The fourth-order valence-electron chi connectivity index (χ4n) is 1.12. The fourth-order valence-corrected chi connectivity index (χ4v) is 1.12. The van der Waals surface area contributed by atoms with Gasteiger partial charge >= 0.3 is 0 Å². The maximum Gasteiger partial charge on any atom is 0.290 e. The van der Waals surface area contributed by atoms with Crippen LogP contribution in [0.3, 0.4) is 0 Å². The number of rotatable bonds is 2. The quantitative estimate of drug-likeness (QED) is 0.721. The summed E-state index contributed by atoms with van der Waals surface area (Å²) >= 11 is 0. The smallest absolute Gasteiger partial charge is 0.290 e. The molecule has 4 N–H and O–H groups in total. The predicted molar refractivity (Wildman–Crippen MR) is 52.6 cm³/mol. The first-order valence-corrected chi connectivity index (χ1v) is 4.27. The minimum Gasteiger partial charge on any atom is -0.396 e. The zero-order valence-electron chi connectivity index (χ0n) is 7.98. The largest absolute Gasteiger partial charge is 0.396 e. The first-order valence-electron chi connectivity index (χ1n) is 4.27.